The molecule has 1 aromatic carbocycles. The molecule has 0 saturated carbocycles. The normalized spacial score (nSPS) is 13.3. The minimum Gasteiger partial charge on any atom is -0.334 e. The van der Waals surface area contributed by atoms with E-state index in [1.165, 1.54) is 17.5 Å². The SMILES string of the molecule is Cc1nc(CN(C)C(=O)c2ccc3c(c2)CCC3)n[nH]1. The van der Waals surface area contributed by atoms with Gasteiger partial charge in [-0.2, -0.15) is 5.10 Å². The van der Waals surface area contributed by atoms with E-state index in [2.05, 4.69) is 21.2 Å². The Morgan fingerprint density at radius 1 is 1.35 bits per heavy atom. The van der Waals surface area contributed by atoms with Crippen LogP contribution >= 0.6 is 0 Å². The number of hydrogen-bond donors (Lipinski definition) is 1. The van der Waals surface area contributed by atoms with Gasteiger partial charge in [-0.25, -0.2) is 4.98 Å². The van der Waals surface area contributed by atoms with E-state index in [0.29, 0.717) is 12.4 Å². The maximum atomic E-state index is 12.4. The molecule has 0 spiro atoms. The number of carbonyl (C=O) groups excluding carboxylic acids is 1. The largest absolute Gasteiger partial charge is 0.334 e. The molecule has 1 aliphatic rings. The average molecular weight is 270 g/mol. The molecule has 5 nitrogen and oxygen atoms in total. The van der Waals surface area contributed by atoms with Crippen LogP contribution in [0.5, 0.6) is 0 Å². The molecule has 0 atom stereocenters. The smallest absolute Gasteiger partial charge is 0.254 e. The van der Waals surface area contributed by atoms with E-state index in [1.54, 1.807) is 11.9 Å². The second-order valence-electron chi connectivity index (χ2n) is 5.34. The molecule has 1 aliphatic carbocycles. The summed E-state index contributed by atoms with van der Waals surface area (Å²) in [5, 5.41) is 6.85. The second-order valence-corrected chi connectivity index (χ2v) is 5.34. The molecule has 0 bridgehead atoms. The summed E-state index contributed by atoms with van der Waals surface area (Å²) in [6.07, 6.45) is 3.41. The van der Waals surface area contributed by atoms with E-state index in [4.69, 9.17) is 0 Å². The number of carbonyl (C=O) groups is 1. The average Bonchev–Trinajstić information content (AvgIpc) is 3.05. The number of benzene rings is 1. The third-order valence-electron chi connectivity index (χ3n) is 3.71. The Hall–Kier alpha value is -2.17. The van der Waals surface area contributed by atoms with E-state index in [0.717, 1.165) is 24.2 Å². The molecule has 0 aliphatic heterocycles. The number of aromatic amines is 1. The second kappa shape index (κ2) is 5.07. The molecule has 1 aromatic heterocycles. The number of nitrogens with one attached hydrogen (secondary N) is 1. The van der Waals surface area contributed by atoms with Crippen LogP contribution in [-0.4, -0.2) is 33.0 Å². The van der Waals surface area contributed by atoms with Crippen molar-refractivity contribution in [3.8, 4) is 0 Å². The lowest BCUT2D eigenvalue weighted by atomic mass is 10.1. The van der Waals surface area contributed by atoms with E-state index >= 15 is 0 Å². The molecule has 1 N–H and O–H groups in total. The minimum atomic E-state index is 0.0159. The van der Waals surface area contributed by atoms with Crippen LogP contribution in [0.4, 0.5) is 0 Å². The fourth-order valence-electron chi connectivity index (χ4n) is 2.67. The number of amides is 1. The molecule has 0 fully saturated rings. The van der Waals surface area contributed by atoms with Crippen molar-refractivity contribution in [3.63, 3.8) is 0 Å². The van der Waals surface area contributed by atoms with Gasteiger partial charge in [0, 0.05) is 12.6 Å². The number of hydrogen-bond acceptors (Lipinski definition) is 3. The first kappa shape index (κ1) is 12.8. The third-order valence-corrected chi connectivity index (χ3v) is 3.71. The van der Waals surface area contributed by atoms with Crippen molar-refractivity contribution in [2.75, 3.05) is 7.05 Å². The van der Waals surface area contributed by atoms with Crippen molar-refractivity contribution >= 4 is 5.91 Å². The van der Waals surface area contributed by atoms with Gasteiger partial charge in [0.05, 0.1) is 6.54 Å². The summed E-state index contributed by atoms with van der Waals surface area (Å²) in [7, 11) is 1.78. The topological polar surface area (TPSA) is 61.9 Å². The highest BCUT2D eigenvalue weighted by molar-refractivity contribution is 5.94. The Balaban J connectivity index is 1.74. The molecular weight excluding hydrogens is 252 g/mol. The number of aryl methyl sites for hydroxylation is 3. The Morgan fingerprint density at radius 2 is 2.15 bits per heavy atom. The molecule has 0 saturated heterocycles. The van der Waals surface area contributed by atoms with Crippen molar-refractivity contribution < 1.29 is 4.79 Å². The zero-order valence-corrected chi connectivity index (χ0v) is 11.8. The van der Waals surface area contributed by atoms with Gasteiger partial charge in [-0.1, -0.05) is 6.07 Å². The summed E-state index contributed by atoms with van der Waals surface area (Å²) >= 11 is 0. The standard InChI is InChI=1S/C15H18N4O/c1-10-16-14(18-17-10)9-19(2)15(20)13-7-6-11-4-3-5-12(11)8-13/h6-8H,3-5,9H2,1-2H3,(H,16,17,18). The zero-order chi connectivity index (χ0) is 14.1. The van der Waals surface area contributed by atoms with Crippen molar-refractivity contribution in [1.82, 2.24) is 20.1 Å². The molecule has 3 rings (SSSR count). The Kier molecular flexibility index (Phi) is 3.26. The fourth-order valence-corrected chi connectivity index (χ4v) is 2.67. The van der Waals surface area contributed by atoms with Gasteiger partial charge >= 0.3 is 0 Å². The van der Waals surface area contributed by atoms with Crippen LogP contribution in [0.2, 0.25) is 0 Å². The lowest BCUT2D eigenvalue weighted by Crippen LogP contribution is -2.26. The highest BCUT2D eigenvalue weighted by Gasteiger charge is 2.17. The van der Waals surface area contributed by atoms with Gasteiger partial charge in [0.2, 0.25) is 0 Å². The van der Waals surface area contributed by atoms with Gasteiger partial charge in [0.15, 0.2) is 5.82 Å². The third kappa shape index (κ3) is 2.43. The highest BCUT2D eigenvalue weighted by atomic mass is 16.2. The molecule has 1 heterocycles. The summed E-state index contributed by atoms with van der Waals surface area (Å²) in [5.74, 6) is 1.42. The lowest BCUT2D eigenvalue weighted by Gasteiger charge is -2.16. The first-order valence-corrected chi connectivity index (χ1v) is 6.88. The zero-order valence-electron chi connectivity index (χ0n) is 11.8. The van der Waals surface area contributed by atoms with Crippen LogP contribution in [0.3, 0.4) is 0 Å². The van der Waals surface area contributed by atoms with E-state index < -0.39 is 0 Å². The van der Waals surface area contributed by atoms with E-state index in [1.807, 2.05) is 19.1 Å². The number of fused-ring (bicyclic) bond motifs is 1. The predicted octanol–water partition coefficient (Wildman–Crippen LogP) is 1.87. The van der Waals surface area contributed by atoms with E-state index in [9.17, 15) is 4.79 Å². The van der Waals surface area contributed by atoms with Gasteiger partial charge in [-0.15, -0.1) is 0 Å². The van der Waals surface area contributed by atoms with Gasteiger partial charge in [-0.05, 0) is 49.4 Å². The van der Waals surface area contributed by atoms with Crippen molar-refractivity contribution in [3.05, 3.63) is 46.5 Å². The van der Waals surface area contributed by atoms with Crippen LogP contribution in [0.1, 0.15) is 39.6 Å². The monoisotopic (exact) mass is 270 g/mol. The molecular formula is C15H18N4O. The Labute approximate surface area is 118 Å². The lowest BCUT2D eigenvalue weighted by molar-refractivity contribution is 0.0781. The van der Waals surface area contributed by atoms with Crippen molar-refractivity contribution in [2.45, 2.75) is 32.7 Å². The van der Waals surface area contributed by atoms with Crippen LogP contribution < -0.4 is 0 Å². The highest BCUT2D eigenvalue weighted by Crippen LogP contribution is 2.23. The van der Waals surface area contributed by atoms with Crippen LogP contribution in [0.15, 0.2) is 18.2 Å². The van der Waals surface area contributed by atoms with Gasteiger partial charge in [0.25, 0.3) is 5.91 Å². The molecule has 2 aromatic rings. The summed E-state index contributed by atoms with van der Waals surface area (Å²) < 4.78 is 0. The first-order valence-electron chi connectivity index (χ1n) is 6.88. The minimum absolute atomic E-state index is 0.0159. The quantitative estimate of drug-likeness (QED) is 0.926. The first-order chi connectivity index (χ1) is 9.63. The van der Waals surface area contributed by atoms with Crippen molar-refractivity contribution in [1.29, 1.82) is 0 Å². The summed E-state index contributed by atoms with van der Waals surface area (Å²) in [6, 6.07) is 6.04. The van der Waals surface area contributed by atoms with Gasteiger partial charge in [-0.3, -0.25) is 9.89 Å². The molecule has 5 heteroatoms. The molecule has 20 heavy (non-hydrogen) atoms. The van der Waals surface area contributed by atoms with Crippen molar-refractivity contribution in [2.24, 2.45) is 0 Å². The predicted molar refractivity (Wildman–Crippen MR) is 75.4 cm³/mol. The van der Waals surface area contributed by atoms with Gasteiger partial charge in [0.1, 0.15) is 5.82 Å². The maximum Gasteiger partial charge on any atom is 0.254 e. The number of nitrogens with zero attached hydrogens (tertiary/aromatic N) is 3. The van der Waals surface area contributed by atoms with Gasteiger partial charge < -0.3 is 4.90 Å². The summed E-state index contributed by atoms with van der Waals surface area (Å²) in [4.78, 5) is 18.3. The van der Waals surface area contributed by atoms with Crippen LogP contribution in [0, 0.1) is 6.92 Å². The molecule has 0 unspecified atom stereocenters. The van der Waals surface area contributed by atoms with Crippen LogP contribution in [-0.2, 0) is 19.4 Å². The molecule has 104 valence electrons. The Bertz CT molecular complexity index is 647. The van der Waals surface area contributed by atoms with Crippen LogP contribution in [0.25, 0.3) is 0 Å². The molecule has 1 amide bonds. The number of aromatic nitrogens is 3. The number of rotatable bonds is 3. The maximum absolute atomic E-state index is 12.4. The summed E-state index contributed by atoms with van der Waals surface area (Å²) in [5.41, 5.74) is 3.45. The number of H-pyrrole nitrogens is 1. The molecule has 0 radical (unpaired) electrons. The fraction of sp³-hybridized carbons (Fsp3) is 0.400. The van der Waals surface area contributed by atoms with E-state index in [-0.39, 0.29) is 5.91 Å². The Morgan fingerprint density at radius 3 is 2.90 bits per heavy atom. The summed E-state index contributed by atoms with van der Waals surface area (Å²) in [6.45, 7) is 2.26.